The van der Waals surface area contributed by atoms with E-state index in [0.29, 0.717) is 0 Å². The van der Waals surface area contributed by atoms with Gasteiger partial charge in [0, 0.05) is 5.56 Å². The van der Waals surface area contributed by atoms with Gasteiger partial charge >= 0.3 is 12.3 Å². The van der Waals surface area contributed by atoms with Crippen LogP contribution in [0.1, 0.15) is 11.6 Å². The second-order valence-corrected chi connectivity index (χ2v) is 3.94. The lowest BCUT2D eigenvalue weighted by Gasteiger charge is -2.20. The van der Waals surface area contributed by atoms with Crippen LogP contribution in [0.3, 0.4) is 0 Å². The smallest absolute Gasteiger partial charge is 0.330 e. The summed E-state index contributed by atoms with van der Waals surface area (Å²) < 4.78 is 67.0. The summed E-state index contributed by atoms with van der Waals surface area (Å²) in [5.41, 5.74) is 0.227. The molecule has 1 rings (SSSR count). The average molecular weight is 283 g/mol. The largest absolute Gasteiger partial charge is 0.373 e. The minimum absolute atomic E-state index is 0.227. The molecule has 0 fully saturated rings. The van der Waals surface area contributed by atoms with Crippen LogP contribution in [0.2, 0.25) is 0 Å². The van der Waals surface area contributed by atoms with Crippen molar-refractivity contribution in [2.75, 3.05) is 20.3 Å². The lowest BCUT2D eigenvalue weighted by Crippen LogP contribution is -2.34. The Balaban J connectivity index is 2.58. The highest BCUT2D eigenvalue weighted by Gasteiger charge is 2.41. The van der Waals surface area contributed by atoms with Crippen LogP contribution in [0.25, 0.3) is 0 Å². The zero-order chi connectivity index (χ0) is 14.5. The molecule has 2 nitrogen and oxygen atoms in total. The molecular weight excluding hydrogens is 269 g/mol. The summed E-state index contributed by atoms with van der Waals surface area (Å²) in [4.78, 5) is 0. The fourth-order valence-electron chi connectivity index (χ4n) is 1.46. The maximum Gasteiger partial charge on any atom is 0.330 e. The van der Waals surface area contributed by atoms with E-state index in [-0.39, 0.29) is 12.2 Å². The third-order valence-electron chi connectivity index (χ3n) is 2.53. The van der Waals surface area contributed by atoms with Gasteiger partial charge in [-0.25, -0.2) is 13.2 Å². The lowest BCUT2D eigenvalue weighted by molar-refractivity contribution is -0.167. The molecule has 0 heterocycles. The molecule has 0 aliphatic carbocycles. The number of rotatable bonds is 7. The van der Waals surface area contributed by atoms with Gasteiger partial charge in [0.15, 0.2) is 0 Å². The molecule has 0 saturated heterocycles. The molecule has 1 N–H and O–H groups in total. The Morgan fingerprint density at radius 2 is 1.89 bits per heavy atom. The first kappa shape index (κ1) is 15.8. The molecule has 7 heteroatoms. The van der Waals surface area contributed by atoms with Crippen LogP contribution in [0, 0.1) is 5.82 Å². The molecule has 0 aliphatic heterocycles. The van der Waals surface area contributed by atoms with Gasteiger partial charge < -0.3 is 10.1 Å². The zero-order valence-electron chi connectivity index (χ0n) is 10.2. The zero-order valence-corrected chi connectivity index (χ0v) is 10.2. The topological polar surface area (TPSA) is 21.3 Å². The lowest BCUT2D eigenvalue weighted by atomic mass is 10.1. The number of hydrogen-bond donors (Lipinski definition) is 1. The van der Waals surface area contributed by atoms with Crippen LogP contribution in [-0.4, -0.2) is 32.6 Å². The summed E-state index contributed by atoms with van der Waals surface area (Å²) in [5.74, 6) is -4.72. The number of alkyl halides is 4. The monoisotopic (exact) mass is 283 g/mol. The van der Waals surface area contributed by atoms with E-state index < -0.39 is 30.8 Å². The van der Waals surface area contributed by atoms with Gasteiger partial charge in [0.05, 0.1) is 12.6 Å². The maximum absolute atomic E-state index is 13.5. The molecule has 0 amide bonds. The number of ether oxygens (including phenoxy) is 1. The predicted molar refractivity (Wildman–Crippen MR) is 60.0 cm³/mol. The van der Waals surface area contributed by atoms with Gasteiger partial charge in [-0.1, -0.05) is 18.2 Å². The summed E-state index contributed by atoms with van der Waals surface area (Å²) in [7, 11) is 1.49. The van der Waals surface area contributed by atoms with E-state index >= 15 is 0 Å². The Morgan fingerprint density at radius 1 is 1.26 bits per heavy atom. The molecule has 0 radical (unpaired) electrons. The minimum Gasteiger partial charge on any atom is -0.373 e. The Bertz CT molecular complexity index is 399. The maximum atomic E-state index is 13.5. The van der Waals surface area contributed by atoms with Crippen molar-refractivity contribution >= 4 is 0 Å². The van der Waals surface area contributed by atoms with E-state index in [1.165, 1.54) is 25.2 Å². The summed E-state index contributed by atoms with van der Waals surface area (Å²) in [6.45, 7) is -1.74. The van der Waals surface area contributed by atoms with Crippen molar-refractivity contribution in [3.63, 3.8) is 0 Å². The molecular formula is C12H14F5NO. The van der Waals surface area contributed by atoms with Crippen molar-refractivity contribution in [3.8, 4) is 0 Å². The van der Waals surface area contributed by atoms with Gasteiger partial charge in [-0.2, -0.15) is 8.78 Å². The van der Waals surface area contributed by atoms with E-state index in [4.69, 9.17) is 0 Å². The van der Waals surface area contributed by atoms with Crippen LogP contribution in [0.5, 0.6) is 0 Å². The Morgan fingerprint density at radius 3 is 2.42 bits per heavy atom. The average Bonchev–Trinajstić information content (AvgIpc) is 2.35. The van der Waals surface area contributed by atoms with Crippen LogP contribution in [0.4, 0.5) is 22.0 Å². The molecule has 19 heavy (non-hydrogen) atoms. The van der Waals surface area contributed by atoms with E-state index in [0.717, 1.165) is 0 Å². The second-order valence-electron chi connectivity index (χ2n) is 3.94. The first-order valence-corrected chi connectivity index (χ1v) is 5.54. The molecule has 0 aliphatic rings. The van der Waals surface area contributed by atoms with Gasteiger partial charge in [-0.3, -0.25) is 0 Å². The van der Waals surface area contributed by atoms with Gasteiger partial charge in [0.25, 0.3) is 0 Å². The standard InChI is InChI=1S/C12H14F5NO/c1-18-10(8-4-2-3-5-9(8)13)6-19-7-12(16,17)11(14)15/h2-5,10-11,18H,6-7H2,1H3. The third kappa shape index (κ3) is 4.43. The molecule has 0 saturated carbocycles. The highest BCUT2D eigenvalue weighted by atomic mass is 19.3. The molecule has 1 aromatic rings. The first-order valence-electron chi connectivity index (χ1n) is 5.54. The second kappa shape index (κ2) is 6.81. The number of benzene rings is 1. The van der Waals surface area contributed by atoms with Crippen LogP contribution < -0.4 is 5.32 Å². The molecule has 1 unspecified atom stereocenters. The highest BCUT2D eigenvalue weighted by molar-refractivity contribution is 5.21. The van der Waals surface area contributed by atoms with Gasteiger partial charge in [0.2, 0.25) is 0 Å². The molecule has 0 aromatic heterocycles. The van der Waals surface area contributed by atoms with E-state index in [9.17, 15) is 22.0 Å². The molecule has 1 aromatic carbocycles. The summed E-state index contributed by atoms with van der Waals surface area (Å²) in [6, 6.07) is 5.06. The van der Waals surface area contributed by atoms with E-state index in [2.05, 4.69) is 10.1 Å². The molecule has 0 spiro atoms. The molecule has 0 bridgehead atoms. The van der Waals surface area contributed by atoms with Crippen molar-refractivity contribution in [2.24, 2.45) is 0 Å². The molecule has 108 valence electrons. The van der Waals surface area contributed by atoms with Gasteiger partial charge in [0.1, 0.15) is 12.4 Å². The quantitative estimate of drug-likeness (QED) is 0.777. The number of nitrogens with one attached hydrogen (secondary N) is 1. The van der Waals surface area contributed by atoms with Gasteiger partial charge in [-0.15, -0.1) is 0 Å². The summed E-state index contributed by atoms with van der Waals surface area (Å²) in [5, 5.41) is 2.68. The van der Waals surface area contributed by atoms with E-state index in [1.54, 1.807) is 6.07 Å². The SMILES string of the molecule is CNC(COCC(F)(F)C(F)F)c1ccccc1F. The normalized spacial score (nSPS) is 13.8. The number of halogens is 5. The fraction of sp³-hybridized carbons (Fsp3) is 0.500. The first-order chi connectivity index (χ1) is 8.88. The number of hydrogen-bond acceptors (Lipinski definition) is 2. The van der Waals surface area contributed by atoms with Crippen molar-refractivity contribution in [1.29, 1.82) is 0 Å². The molecule has 1 atom stereocenters. The van der Waals surface area contributed by atoms with E-state index in [1.807, 2.05) is 0 Å². The van der Waals surface area contributed by atoms with Crippen LogP contribution in [-0.2, 0) is 4.74 Å². The van der Waals surface area contributed by atoms with Crippen LogP contribution in [0.15, 0.2) is 24.3 Å². The third-order valence-corrected chi connectivity index (χ3v) is 2.53. The van der Waals surface area contributed by atoms with Crippen LogP contribution >= 0.6 is 0 Å². The van der Waals surface area contributed by atoms with Crippen molar-refractivity contribution in [1.82, 2.24) is 5.32 Å². The van der Waals surface area contributed by atoms with Crippen molar-refractivity contribution in [3.05, 3.63) is 35.6 Å². The summed E-state index contributed by atoms with van der Waals surface area (Å²) >= 11 is 0. The predicted octanol–water partition coefficient (Wildman–Crippen LogP) is 3.00. The Labute approximate surface area is 107 Å². The van der Waals surface area contributed by atoms with Crippen molar-refractivity contribution in [2.45, 2.75) is 18.4 Å². The van der Waals surface area contributed by atoms with Crippen molar-refractivity contribution < 1.29 is 26.7 Å². The Hall–Kier alpha value is -1.21. The van der Waals surface area contributed by atoms with Gasteiger partial charge in [-0.05, 0) is 13.1 Å². The minimum atomic E-state index is -4.20. The summed E-state index contributed by atoms with van der Waals surface area (Å²) in [6.07, 6.45) is -3.78. The highest BCUT2D eigenvalue weighted by Crippen LogP contribution is 2.24. The Kier molecular flexibility index (Phi) is 5.68. The number of likely N-dealkylation sites (N-methyl/N-ethyl adjacent to an activating group) is 1. The fourth-order valence-corrected chi connectivity index (χ4v) is 1.46.